The standard InChI is InChI=1S/C20H27N3O2/c1-14-5-3-6-15-11-16(22(2)18(14)15)19(25)23-10-7-17-20(12-23,13-24)8-4-9-21-17/h3,5-6,11,17,21,24H,4,7-10,12-13H2,1-2H3/t17-,20-/m1/s1. The first-order valence-electron chi connectivity index (χ1n) is 9.24. The Morgan fingerprint density at radius 2 is 2.28 bits per heavy atom. The first-order valence-corrected chi connectivity index (χ1v) is 9.24. The lowest BCUT2D eigenvalue weighted by molar-refractivity contribution is -0.0140. The summed E-state index contributed by atoms with van der Waals surface area (Å²) in [6.45, 7) is 4.63. The molecular weight excluding hydrogens is 314 g/mol. The van der Waals surface area contributed by atoms with E-state index < -0.39 is 0 Å². The maximum Gasteiger partial charge on any atom is 0.270 e. The minimum absolute atomic E-state index is 0.0787. The van der Waals surface area contributed by atoms with E-state index in [0.717, 1.165) is 48.9 Å². The van der Waals surface area contributed by atoms with Crippen molar-refractivity contribution in [2.24, 2.45) is 12.5 Å². The molecule has 2 aliphatic heterocycles. The van der Waals surface area contributed by atoms with Crippen LogP contribution in [-0.2, 0) is 7.05 Å². The van der Waals surface area contributed by atoms with E-state index in [-0.39, 0.29) is 17.9 Å². The van der Waals surface area contributed by atoms with E-state index in [9.17, 15) is 9.90 Å². The second-order valence-electron chi connectivity index (χ2n) is 7.75. The van der Waals surface area contributed by atoms with Crippen LogP contribution in [0, 0.1) is 12.3 Å². The van der Waals surface area contributed by atoms with Crippen LogP contribution in [0.4, 0.5) is 0 Å². The summed E-state index contributed by atoms with van der Waals surface area (Å²) in [5.41, 5.74) is 2.85. The molecule has 1 amide bonds. The largest absolute Gasteiger partial charge is 0.396 e. The van der Waals surface area contributed by atoms with Gasteiger partial charge in [0.2, 0.25) is 0 Å². The van der Waals surface area contributed by atoms with Crippen molar-refractivity contribution in [2.75, 3.05) is 26.2 Å². The molecule has 0 unspecified atom stereocenters. The van der Waals surface area contributed by atoms with Gasteiger partial charge in [-0.15, -0.1) is 0 Å². The van der Waals surface area contributed by atoms with E-state index >= 15 is 0 Å². The molecule has 0 radical (unpaired) electrons. The number of carbonyl (C=O) groups excluding carboxylic acids is 1. The van der Waals surface area contributed by atoms with Gasteiger partial charge in [-0.1, -0.05) is 18.2 Å². The molecule has 2 N–H and O–H groups in total. The number of fused-ring (bicyclic) bond motifs is 2. The molecular formula is C20H27N3O2. The summed E-state index contributed by atoms with van der Waals surface area (Å²) in [6.07, 6.45) is 2.96. The van der Waals surface area contributed by atoms with Crippen LogP contribution in [0.1, 0.15) is 35.3 Å². The fraction of sp³-hybridized carbons (Fsp3) is 0.550. The van der Waals surface area contributed by atoms with Crippen molar-refractivity contribution in [3.05, 3.63) is 35.5 Å². The predicted molar refractivity (Wildman–Crippen MR) is 98.7 cm³/mol. The van der Waals surface area contributed by atoms with E-state index in [1.165, 1.54) is 5.56 Å². The fourth-order valence-electron chi connectivity index (χ4n) is 4.85. The number of nitrogens with zero attached hydrogens (tertiary/aromatic N) is 2. The molecule has 5 nitrogen and oxygen atoms in total. The van der Waals surface area contributed by atoms with Crippen molar-refractivity contribution >= 4 is 16.8 Å². The number of aliphatic hydroxyl groups excluding tert-OH is 1. The molecule has 1 aromatic carbocycles. The Morgan fingerprint density at radius 3 is 3.04 bits per heavy atom. The number of nitrogens with one attached hydrogen (secondary N) is 1. The molecule has 2 atom stereocenters. The number of aromatic nitrogens is 1. The highest BCUT2D eigenvalue weighted by Gasteiger charge is 2.45. The second-order valence-corrected chi connectivity index (χ2v) is 7.75. The first kappa shape index (κ1) is 16.6. The van der Waals surface area contributed by atoms with Crippen LogP contribution in [0.3, 0.4) is 0 Å². The van der Waals surface area contributed by atoms with Gasteiger partial charge in [-0.25, -0.2) is 0 Å². The molecule has 4 rings (SSSR count). The van der Waals surface area contributed by atoms with Crippen molar-refractivity contribution in [1.29, 1.82) is 0 Å². The van der Waals surface area contributed by atoms with Gasteiger partial charge >= 0.3 is 0 Å². The average molecular weight is 341 g/mol. The highest BCUT2D eigenvalue weighted by Crippen LogP contribution is 2.37. The molecule has 2 aliphatic rings. The Labute approximate surface area is 148 Å². The van der Waals surface area contributed by atoms with Gasteiger partial charge in [0.15, 0.2) is 0 Å². The summed E-state index contributed by atoms with van der Waals surface area (Å²) >= 11 is 0. The third kappa shape index (κ3) is 2.57. The average Bonchev–Trinajstić information content (AvgIpc) is 2.98. The fourth-order valence-corrected chi connectivity index (χ4v) is 4.85. The van der Waals surface area contributed by atoms with Crippen LogP contribution in [0.15, 0.2) is 24.3 Å². The van der Waals surface area contributed by atoms with Gasteiger partial charge in [0.05, 0.1) is 12.1 Å². The maximum absolute atomic E-state index is 13.2. The molecule has 1 aromatic heterocycles. The number of benzene rings is 1. The molecule has 2 fully saturated rings. The number of aryl methyl sites for hydroxylation is 2. The topological polar surface area (TPSA) is 57.5 Å². The van der Waals surface area contributed by atoms with E-state index in [1.54, 1.807) is 0 Å². The zero-order valence-corrected chi connectivity index (χ0v) is 15.1. The van der Waals surface area contributed by atoms with Crippen LogP contribution >= 0.6 is 0 Å². The zero-order valence-electron chi connectivity index (χ0n) is 15.1. The summed E-state index contributed by atoms with van der Waals surface area (Å²) in [7, 11) is 1.97. The predicted octanol–water partition coefficient (Wildman–Crippen LogP) is 2.06. The van der Waals surface area contributed by atoms with Gasteiger partial charge in [0.25, 0.3) is 5.91 Å². The van der Waals surface area contributed by atoms with Crippen LogP contribution in [0.25, 0.3) is 10.9 Å². The van der Waals surface area contributed by atoms with Gasteiger partial charge < -0.3 is 19.9 Å². The zero-order chi connectivity index (χ0) is 17.6. The summed E-state index contributed by atoms with van der Waals surface area (Å²) in [6, 6.07) is 8.50. The molecule has 2 aromatic rings. The summed E-state index contributed by atoms with van der Waals surface area (Å²) in [5, 5.41) is 14.7. The van der Waals surface area contributed by atoms with E-state index in [4.69, 9.17) is 0 Å². The Bertz CT molecular complexity index is 813. The van der Waals surface area contributed by atoms with Crippen molar-refractivity contribution in [2.45, 2.75) is 32.2 Å². The molecule has 2 saturated heterocycles. The molecule has 0 saturated carbocycles. The van der Waals surface area contributed by atoms with E-state index in [0.29, 0.717) is 12.6 Å². The highest BCUT2D eigenvalue weighted by molar-refractivity contribution is 5.99. The van der Waals surface area contributed by atoms with Crippen LogP contribution in [0.2, 0.25) is 0 Å². The van der Waals surface area contributed by atoms with Gasteiger partial charge in [-0.05, 0) is 44.4 Å². The number of rotatable bonds is 2. The summed E-state index contributed by atoms with van der Waals surface area (Å²) in [4.78, 5) is 15.2. The number of likely N-dealkylation sites (tertiary alicyclic amines) is 1. The normalized spacial score (nSPS) is 26.7. The molecule has 0 spiro atoms. The Kier molecular flexibility index (Phi) is 4.08. The Morgan fingerprint density at radius 1 is 1.44 bits per heavy atom. The quantitative estimate of drug-likeness (QED) is 0.879. The van der Waals surface area contributed by atoms with Crippen molar-refractivity contribution in [3.8, 4) is 0 Å². The number of para-hydroxylation sites is 1. The SMILES string of the molecule is Cc1cccc2cc(C(=O)N3CC[C@H]4NCCC[C@]4(CO)C3)n(C)c12. The molecule has 25 heavy (non-hydrogen) atoms. The number of carbonyl (C=O) groups is 1. The Hall–Kier alpha value is -1.85. The third-order valence-corrected chi connectivity index (χ3v) is 6.25. The van der Waals surface area contributed by atoms with E-state index in [1.807, 2.05) is 28.6 Å². The molecule has 0 aliphatic carbocycles. The van der Waals surface area contributed by atoms with Crippen LogP contribution in [0.5, 0.6) is 0 Å². The number of piperidine rings is 2. The van der Waals surface area contributed by atoms with E-state index in [2.05, 4.69) is 24.4 Å². The highest BCUT2D eigenvalue weighted by atomic mass is 16.3. The second kappa shape index (κ2) is 6.15. The van der Waals surface area contributed by atoms with Gasteiger partial charge in [-0.3, -0.25) is 4.79 Å². The lowest BCUT2D eigenvalue weighted by Crippen LogP contribution is -2.62. The number of hydrogen-bond acceptors (Lipinski definition) is 3. The molecule has 0 bridgehead atoms. The van der Waals surface area contributed by atoms with Gasteiger partial charge in [-0.2, -0.15) is 0 Å². The molecule has 134 valence electrons. The van der Waals surface area contributed by atoms with Crippen molar-refractivity contribution < 1.29 is 9.90 Å². The van der Waals surface area contributed by atoms with Gasteiger partial charge in [0.1, 0.15) is 5.69 Å². The summed E-state index contributed by atoms with van der Waals surface area (Å²) in [5.74, 6) is 0.0787. The van der Waals surface area contributed by atoms with Crippen molar-refractivity contribution in [1.82, 2.24) is 14.8 Å². The Balaban J connectivity index is 1.65. The monoisotopic (exact) mass is 341 g/mol. The van der Waals surface area contributed by atoms with Gasteiger partial charge in [0, 0.05) is 37.0 Å². The number of aliphatic hydroxyl groups is 1. The third-order valence-electron chi connectivity index (χ3n) is 6.25. The minimum atomic E-state index is -0.188. The summed E-state index contributed by atoms with van der Waals surface area (Å²) < 4.78 is 2.02. The lowest BCUT2D eigenvalue weighted by atomic mass is 9.70. The van der Waals surface area contributed by atoms with Crippen molar-refractivity contribution in [3.63, 3.8) is 0 Å². The van der Waals surface area contributed by atoms with Crippen LogP contribution < -0.4 is 5.32 Å². The number of amides is 1. The molecule has 5 heteroatoms. The minimum Gasteiger partial charge on any atom is -0.396 e. The first-order chi connectivity index (χ1) is 12.1. The van der Waals surface area contributed by atoms with Crippen LogP contribution in [-0.4, -0.2) is 52.8 Å². The number of hydrogen-bond donors (Lipinski definition) is 2. The smallest absolute Gasteiger partial charge is 0.270 e. The molecule has 3 heterocycles. The lowest BCUT2D eigenvalue weighted by Gasteiger charge is -2.50. The maximum atomic E-state index is 13.2.